The molecule has 1 aromatic carbocycles. The van der Waals surface area contributed by atoms with Gasteiger partial charge in [0.25, 0.3) is 11.8 Å². The number of fused-ring (bicyclic) bond motifs is 1. The van der Waals surface area contributed by atoms with Crippen LogP contribution in [0.15, 0.2) is 72.0 Å². The van der Waals surface area contributed by atoms with Gasteiger partial charge in [0.2, 0.25) is 17.7 Å². The molecule has 300 valence electrons. The van der Waals surface area contributed by atoms with Gasteiger partial charge in [0, 0.05) is 93.9 Å². The van der Waals surface area contributed by atoms with E-state index in [4.69, 9.17) is 4.98 Å². The van der Waals surface area contributed by atoms with Crippen molar-refractivity contribution in [2.45, 2.75) is 68.8 Å². The van der Waals surface area contributed by atoms with Crippen LogP contribution in [0.5, 0.6) is 0 Å². The Morgan fingerprint density at radius 1 is 0.912 bits per heavy atom. The van der Waals surface area contributed by atoms with Crippen molar-refractivity contribution in [1.82, 2.24) is 35.3 Å². The Balaban J connectivity index is 0.763. The summed E-state index contributed by atoms with van der Waals surface area (Å²) in [5.74, 6) is 1.58. The molecule has 7 rings (SSSR count). The highest BCUT2D eigenvalue weighted by molar-refractivity contribution is 7.99. The van der Waals surface area contributed by atoms with Crippen LogP contribution < -0.4 is 15.5 Å². The third-order valence-electron chi connectivity index (χ3n) is 11.5. The van der Waals surface area contributed by atoms with Crippen molar-refractivity contribution >= 4 is 53.2 Å². The summed E-state index contributed by atoms with van der Waals surface area (Å²) in [6, 6.07) is 12.8. The second-order valence-electron chi connectivity index (χ2n) is 15.3. The number of anilines is 1. The molecule has 57 heavy (non-hydrogen) atoms. The SMILES string of the molecule is O=C(/C=C/c1cccnc1)NCCCCC1CCN(C(=O)c2ccc(N3CCN(CCCSc4cccc5c4CN(C4CCC(=O)NC4=O)C5=O)CC3)nc2)CC1. The molecule has 1 unspecified atom stereocenters. The number of piperazine rings is 1. The van der Waals surface area contributed by atoms with Crippen molar-refractivity contribution in [3.8, 4) is 0 Å². The Morgan fingerprint density at radius 3 is 2.51 bits per heavy atom. The summed E-state index contributed by atoms with van der Waals surface area (Å²) in [7, 11) is 0. The maximum atomic E-state index is 13.3. The number of hydrogen-bond acceptors (Lipinski definition) is 10. The predicted octanol–water partition coefficient (Wildman–Crippen LogP) is 4.39. The zero-order valence-corrected chi connectivity index (χ0v) is 33.3. The molecule has 1 atom stereocenters. The number of rotatable bonds is 15. The second-order valence-corrected chi connectivity index (χ2v) is 16.4. The topological polar surface area (TPSA) is 148 Å². The van der Waals surface area contributed by atoms with Crippen LogP contribution in [0.2, 0.25) is 0 Å². The number of thioether (sulfide) groups is 1. The van der Waals surface area contributed by atoms with Gasteiger partial charge in [0.1, 0.15) is 11.9 Å². The van der Waals surface area contributed by atoms with Gasteiger partial charge in [0.05, 0.1) is 5.56 Å². The minimum Gasteiger partial charge on any atom is -0.354 e. The fraction of sp³-hybridized carbons (Fsp3) is 0.465. The fourth-order valence-electron chi connectivity index (χ4n) is 8.15. The summed E-state index contributed by atoms with van der Waals surface area (Å²) >= 11 is 1.76. The maximum Gasteiger partial charge on any atom is 0.255 e. The number of likely N-dealkylation sites (tertiary alicyclic amines) is 1. The minimum atomic E-state index is -0.604. The molecular weight excluding hydrogens is 741 g/mol. The molecular formula is C43H52N8O5S. The molecule has 5 amide bonds. The standard InChI is InChI=1S/C43H52N8O5S/c52-39(14-10-32-7-4-18-44-28-32)45-19-2-1-6-31-16-21-50(22-17-31)42(55)33-11-13-38(46-29-33)49-25-23-48(24-26-49)20-5-27-57-37-9-3-8-34-35(37)30-51(43(34)56)36-12-15-40(53)47-41(36)54/h3-4,7-11,13-14,18,28-29,31,36H,1-2,5-6,12,15-17,19-27,30H2,(H,45,52)(H,47,53,54)/b14-10+. The quantitative estimate of drug-likeness (QED) is 0.0983. The third kappa shape index (κ3) is 10.5. The number of carbonyl (C=O) groups is 5. The first-order chi connectivity index (χ1) is 27.8. The molecule has 0 aliphatic carbocycles. The van der Waals surface area contributed by atoms with E-state index in [0.717, 1.165) is 112 Å². The van der Waals surface area contributed by atoms with Gasteiger partial charge in [-0.2, -0.15) is 0 Å². The number of unbranched alkanes of at least 4 members (excludes halogenated alkanes) is 1. The highest BCUT2D eigenvalue weighted by Crippen LogP contribution is 2.34. The van der Waals surface area contributed by atoms with Crippen LogP contribution in [0.1, 0.15) is 83.2 Å². The highest BCUT2D eigenvalue weighted by atomic mass is 32.2. The second kappa shape index (κ2) is 19.4. The Hall–Kier alpha value is -5.08. The lowest BCUT2D eigenvalue weighted by Gasteiger charge is -2.35. The van der Waals surface area contributed by atoms with Crippen LogP contribution in [0, 0.1) is 5.92 Å². The molecule has 3 saturated heterocycles. The summed E-state index contributed by atoms with van der Waals surface area (Å²) in [6.45, 7) is 7.20. The van der Waals surface area contributed by atoms with E-state index >= 15 is 0 Å². The third-order valence-corrected chi connectivity index (χ3v) is 12.6. The van der Waals surface area contributed by atoms with Gasteiger partial charge in [-0.3, -0.25) is 39.2 Å². The van der Waals surface area contributed by atoms with Gasteiger partial charge >= 0.3 is 0 Å². The first-order valence-corrected chi connectivity index (χ1v) is 21.3. The van der Waals surface area contributed by atoms with E-state index < -0.39 is 6.04 Å². The van der Waals surface area contributed by atoms with E-state index in [1.807, 2.05) is 41.3 Å². The van der Waals surface area contributed by atoms with Crippen LogP contribution >= 0.6 is 11.8 Å². The molecule has 4 aliphatic heterocycles. The average molecular weight is 793 g/mol. The van der Waals surface area contributed by atoms with E-state index in [1.54, 1.807) is 47.4 Å². The number of amides is 5. The van der Waals surface area contributed by atoms with Crippen molar-refractivity contribution in [2.24, 2.45) is 5.92 Å². The number of hydrogen-bond donors (Lipinski definition) is 2. The van der Waals surface area contributed by atoms with Crippen molar-refractivity contribution in [2.75, 3.05) is 63.0 Å². The Kier molecular flexibility index (Phi) is 13.6. The lowest BCUT2D eigenvalue weighted by Crippen LogP contribution is -2.52. The molecule has 3 fully saturated rings. The Bertz CT molecular complexity index is 1930. The summed E-state index contributed by atoms with van der Waals surface area (Å²) in [5.41, 5.74) is 3.17. The summed E-state index contributed by atoms with van der Waals surface area (Å²) < 4.78 is 0. The summed E-state index contributed by atoms with van der Waals surface area (Å²) in [4.78, 5) is 80.8. The monoisotopic (exact) mass is 792 g/mol. The number of imide groups is 1. The molecule has 0 radical (unpaired) electrons. The highest BCUT2D eigenvalue weighted by Gasteiger charge is 2.40. The van der Waals surface area contributed by atoms with Crippen LogP contribution in [0.4, 0.5) is 5.82 Å². The number of benzene rings is 1. The number of aromatic nitrogens is 2. The predicted molar refractivity (Wildman–Crippen MR) is 219 cm³/mol. The maximum absolute atomic E-state index is 13.3. The van der Waals surface area contributed by atoms with Crippen LogP contribution in [-0.2, 0) is 20.9 Å². The normalized spacial score (nSPS) is 19.3. The number of piperidine rings is 2. The average Bonchev–Trinajstić information content (AvgIpc) is 3.58. The molecule has 4 aliphatic rings. The van der Waals surface area contributed by atoms with E-state index in [-0.39, 0.29) is 36.0 Å². The number of pyridine rings is 2. The van der Waals surface area contributed by atoms with E-state index in [1.165, 1.54) is 0 Å². The van der Waals surface area contributed by atoms with Crippen molar-refractivity contribution in [1.29, 1.82) is 0 Å². The zero-order valence-electron chi connectivity index (χ0n) is 32.4. The minimum absolute atomic E-state index is 0.0518. The van der Waals surface area contributed by atoms with Gasteiger partial charge in [0.15, 0.2) is 0 Å². The molecule has 13 nitrogen and oxygen atoms in total. The molecule has 2 N–H and O–H groups in total. The zero-order chi connectivity index (χ0) is 39.6. The van der Waals surface area contributed by atoms with E-state index in [0.29, 0.717) is 36.6 Å². The first kappa shape index (κ1) is 40.1. The number of carbonyl (C=O) groups excluding carboxylic acids is 5. The van der Waals surface area contributed by atoms with E-state index in [9.17, 15) is 24.0 Å². The van der Waals surface area contributed by atoms with E-state index in [2.05, 4.69) is 31.5 Å². The number of nitrogens with one attached hydrogen (secondary N) is 2. The summed E-state index contributed by atoms with van der Waals surface area (Å²) in [6.07, 6.45) is 15.2. The molecule has 6 heterocycles. The molecule has 0 spiro atoms. The molecule has 2 aromatic heterocycles. The molecule has 14 heteroatoms. The lowest BCUT2D eigenvalue weighted by atomic mass is 9.91. The molecule has 0 bridgehead atoms. The van der Waals surface area contributed by atoms with Crippen molar-refractivity contribution in [3.05, 3.63) is 89.4 Å². The van der Waals surface area contributed by atoms with Crippen molar-refractivity contribution < 1.29 is 24.0 Å². The largest absolute Gasteiger partial charge is 0.354 e. The Morgan fingerprint density at radius 2 is 1.75 bits per heavy atom. The molecule has 3 aromatic rings. The smallest absolute Gasteiger partial charge is 0.255 e. The van der Waals surface area contributed by atoms with Crippen LogP contribution in [-0.4, -0.2) is 118 Å². The van der Waals surface area contributed by atoms with Gasteiger partial charge in [-0.1, -0.05) is 25.0 Å². The van der Waals surface area contributed by atoms with Gasteiger partial charge in [-0.15, -0.1) is 11.8 Å². The Labute approximate surface area is 338 Å². The van der Waals surface area contributed by atoms with Crippen molar-refractivity contribution in [3.63, 3.8) is 0 Å². The van der Waals surface area contributed by atoms with Gasteiger partial charge in [-0.25, -0.2) is 4.98 Å². The van der Waals surface area contributed by atoms with Gasteiger partial charge in [-0.05, 0) is 97.9 Å². The molecule has 0 saturated carbocycles. The first-order valence-electron chi connectivity index (χ1n) is 20.3. The lowest BCUT2D eigenvalue weighted by molar-refractivity contribution is -0.137. The fourth-order valence-corrected chi connectivity index (χ4v) is 9.16. The van der Waals surface area contributed by atoms with Gasteiger partial charge < -0.3 is 20.0 Å². The summed E-state index contributed by atoms with van der Waals surface area (Å²) in [5, 5.41) is 5.33. The van der Waals surface area contributed by atoms with Crippen LogP contribution in [0.25, 0.3) is 6.08 Å². The number of nitrogens with zero attached hydrogens (tertiary/aromatic N) is 6. The van der Waals surface area contributed by atoms with Crippen LogP contribution in [0.3, 0.4) is 0 Å².